The van der Waals surface area contributed by atoms with E-state index in [1.807, 2.05) is 51.3 Å². The van der Waals surface area contributed by atoms with E-state index < -0.39 is 17.0 Å². The van der Waals surface area contributed by atoms with Crippen LogP contribution in [0, 0.1) is 5.92 Å². The first-order valence-corrected chi connectivity index (χ1v) is 15.5. The number of thiophene rings is 1. The SMILES string of the molecule is CC1(C)c2cc(CC3C(=O)N(C(C)(C)C)C(=[Te])N(C(C)(C)C)C3=O)sc2-n2c3ccccc3c3cccc1c32. The van der Waals surface area contributed by atoms with Gasteiger partial charge in [-0.2, -0.15) is 0 Å². The maximum absolute atomic E-state index is 14.0. The summed E-state index contributed by atoms with van der Waals surface area (Å²) in [6.07, 6.45) is 0.400. The predicted octanol–water partition coefficient (Wildman–Crippen LogP) is 6.17. The molecule has 2 aliphatic heterocycles. The number of aromatic nitrogens is 1. The summed E-state index contributed by atoms with van der Waals surface area (Å²) in [5.74, 6) is -0.951. The summed E-state index contributed by atoms with van der Waals surface area (Å²) < 4.78 is 3.13. The van der Waals surface area contributed by atoms with Crippen LogP contribution in [0.5, 0.6) is 0 Å². The van der Waals surface area contributed by atoms with Crippen LogP contribution in [0.1, 0.15) is 71.4 Å². The van der Waals surface area contributed by atoms with Crippen LogP contribution in [0.15, 0.2) is 48.5 Å². The van der Waals surface area contributed by atoms with Crippen molar-refractivity contribution < 1.29 is 9.59 Å². The summed E-state index contributed by atoms with van der Waals surface area (Å²) >= 11 is 3.53. The standard InChI is InChI=1S/C32H35N3O2STe/c1-30(2,3)34-26(36)21(27(37)35(29(34)39)31(4,5)6)16-18-17-23-28(38-18)33-24-15-10-9-12-19(24)20-13-11-14-22(25(20)33)32(23,7)8/h9-15,17,21H,16H2,1-8H3. The molecule has 4 heterocycles. The molecule has 202 valence electrons. The molecule has 0 radical (unpaired) electrons. The third-order valence-electron chi connectivity index (χ3n) is 8.17. The summed E-state index contributed by atoms with van der Waals surface area (Å²) in [5.41, 5.74) is 3.95. The van der Waals surface area contributed by atoms with Crippen molar-refractivity contribution >= 4 is 70.6 Å². The van der Waals surface area contributed by atoms with E-state index in [0.717, 1.165) is 8.68 Å². The van der Waals surface area contributed by atoms with Gasteiger partial charge in [0.1, 0.15) is 0 Å². The molecule has 7 heteroatoms. The summed E-state index contributed by atoms with van der Waals surface area (Å²) in [5, 5.41) is 3.71. The van der Waals surface area contributed by atoms with Gasteiger partial charge in [0.25, 0.3) is 0 Å². The Bertz CT molecular complexity index is 1680. The van der Waals surface area contributed by atoms with E-state index in [1.165, 1.54) is 37.9 Å². The van der Waals surface area contributed by atoms with Crippen LogP contribution < -0.4 is 0 Å². The summed E-state index contributed by atoms with van der Waals surface area (Å²) in [4.78, 5) is 32.7. The Balaban J connectivity index is 1.50. The third-order valence-corrected chi connectivity index (χ3v) is 10.4. The molecule has 2 aromatic heterocycles. The van der Waals surface area contributed by atoms with Crippen molar-refractivity contribution in [1.29, 1.82) is 0 Å². The zero-order valence-electron chi connectivity index (χ0n) is 23.9. The van der Waals surface area contributed by atoms with Crippen LogP contribution in [0.4, 0.5) is 0 Å². The molecule has 0 spiro atoms. The molecule has 2 aromatic carbocycles. The molecule has 1 saturated heterocycles. The molecule has 0 bridgehead atoms. The molecular weight excluding hydrogens is 618 g/mol. The zero-order chi connectivity index (χ0) is 28.2. The van der Waals surface area contributed by atoms with Crippen LogP contribution in [0.3, 0.4) is 0 Å². The first kappa shape index (κ1) is 26.7. The minimum atomic E-state index is -0.749. The number of rotatable bonds is 2. The second-order valence-electron chi connectivity index (χ2n) is 13.3. The van der Waals surface area contributed by atoms with Crippen molar-refractivity contribution in [3.8, 4) is 5.00 Å². The minimum absolute atomic E-state index is 0.101. The number of carbonyl (C=O) groups is 2. The van der Waals surface area contributed by atoms with E-state index in [-0.39, 0.29) is 17.2 Å². The first-order chi connectivity index (χ1) is 18.1. The first-order valence-electron chi connectivity index (χ1n) is 13.5. The van der Waals surface area contributed by atoms with Crippen LogP contribution in [0.2, 0.25) is 0 Å². The summed E-state index contributed by atoms with van der Waals surface area (Å²) in [6, 6.07) is 17.5. The van der Waals surface area contributed by atoms with Gasteiger partial charge in [-0.15, -0.1) is 0 Å². The number of fused-ring (bicyclic) bond motifs is 5. The molecule has 4 aromatic rings. The van der Waals surface area contributed by atoms with Gasteiger partial charge in [0.05, 0.1) is 0 Å². The van der Waals surface area contributed by atoms with Gasteiger partial charge in [-0.05, 0) is 0 Å². The fraction of sp³-hybridized carbons (Fsp3) is 0.406. The number of benzene rings is 2. The second-order valence-corrected chi connectivity index (χ2v) is 15.5. The molecule has 0 aliphatic carbocycles. The Morgan fingerprint density at radius 2 is 1.44 bits per heavy atom. The van der Waals surface area contributed by atoms with Gasteiger partial charge < -0.3 is 0 Å². The molecule has 2 amide bonds. The van der Waals surface area contributed by atoms with E-state index in [4.69, 9.17) is 0 Å². The molecular formula is C32H35N3O2STe. The van der Waals surface area contributed by atoms with E-state index >= 15 is 0 Å². The number of carbonyl (C=O) groups excluding carboxylic acids is 2. The Kier molecular flexibility index (Phi) is 5.84. The topological polar surface area (TPSA) is 45.6 Å². The van der Waals surface area contributed by atoms with Crippen molar-refractivity contribution in [1.82, 2.24) is 14.4 Å². The van der Waals surface area contributed by atoms with Crippen molar-refractivity contribution in [2.45, 2.75) is 78.3 Å². The molecule has 0 N–H and O–H groups in total. The van der Waals surface area contributed by atoms with Gasteiger partial charge in [0.2, 0.25) is 0 Å². The van der Waals surface area contributed by atoms with Gasteiger partial charge >= 0.3 is 242 Å². The van der Waals surface area contributed by atoms with Crippen LogP contribution >= 0.6 is 11.3 Å². The van der Waals surface area contributed by atoms with E-state index in [9.17, 15) is 9.59 Å². The molecule has 0 saturated carbocycles. The molecule has 2 aliphatic rings. The van der Waals surface area contributed by atoms with Gasteiger partial charge in [-0.3, -0.25) is 0 Å². The third kappa shape index (κ3) is 3.80. The molecule has 39 heavy (non-hydrogen) atoms. The van der Waals surface area contributed by atoms with Gasteiger partial charge in [0.15, 0.2) is 0 Å². The van der Waals surface area contributed by atoms with Crippen molar-refractivity contribution in [2.24, 2.45) is 5.92 Å². The van der Waals surface area contributed by atoms with Crippen LogP contribution in [-0.4, -0.2) is 62.9 Å². The Morgan fingerprint density at radius 3 is 2.05 bits per heavy atom. The average Bonchev–Trinajstić information content (AvgIpc) is 3.39. The molecule has 0 atom stereocenters. The predicted molar refractivity (Wildman–Crippen MR) is 162 cm³/mol. The molecule has 0 unspecified atom stereocenters. The monoisotopic (exact) mass is 655 g/mol. The molecule has 6 rings (SSSR count). The van der Waals surface area contributed by atoms with Crippen molar-refractivity contribution in [3.63, 3.8) is 0 Å². The van der Waals surface area contributed by atoms with Gasteiger partial charge in [-0.25, -0.2) is 0 Å². The van der Waals surface area contributed by atoms with Crippen molar-refractivity contribution in [3.05, 3.63) is 64.5 Å². The molecule has 1 fully saturated rings. The van der Waals surface area contributed by atoms with E-state index in [2.05, 4.69) is 66.9 Å². The molecule has 5 nitrogen and oxygen atoms in total. The Labute approximate surface area is 247 Å². The van der Waals surface area contributed by atoms with Crippen molar-refractivity contribution in [2.75, 3.05) is 0 Å². The summed E-state index contributed by atoms with van der Waals surface area (Å²) in [6.45, 7) is 16.8. The number of hydrogen-bond donors (Lipinski definition) is 0. The maximum atomic E-state index is 14.0. The van der Waals surface area contributed by atoms with E-state index in [1.54, 1.807) is 33.2 Å². The normalized spacial score (nSPS) is 18.0. The number of amides is 2. The van der Waals surface area contributed by atoms with Gasteiger partial charge in [0, 0.05) is 0 Å². The Hall–Kier alpha value is -2.46. The van der Waals surface area contributed by atoms with Crippen LogP contribution in [-0.2, 0) is 21.4 Å². The average molecular weight is 653 g/mol. The number of hydrogen-bond acceptors (Lipinski definition) is 3. The number of nitrogens with zero attached hydrogens (tertiary/aromatic N) is 3. The summed E-state index contributed by atoms with van der Waals surface area (Å²) in [7, 11) is 0. The fourth-order valence-corrected chi connectivity index (χ4v) is 9.80. The Morgan fingerprint density at radius 1 is 0.846 bits per heavy atom. The zero-order valence-corrected chi connectivity index (χ0v) is 27.0. The van der Waals surface area contributed by atoms with E-state index in [0.29, 0.717) is 6.42 Å². The van der Waals surface area contributed by atoms with Gasteiger partial charge in [-0.1, -0.05) is 6.07 Å². The van der Waals surface area contributed by atoms with Crippen LogP contribution in [0.25, 0.3) is 26.8 Å². The number of para-hydroxylation sites is 2. The quantitative estimate of drug-likeness (QED) is 0.192. The fourth-order valence-electron chi connectivity index (χ4n) is 6.34. The second kappa shape index (κ2) is 8.52.